The zero-order chi connectivity index (χ0) is 23.3. The second-order valence-corrected chi connectivity index (χ2v) is 9.57. The van der Waals surface area contributed by atoms with E-state index in [2.05, 4.69) is 31.3 Å². The molecule has 4 rings (SSSR count). The fourth-order valence-electron chi connectivity index (χ4n) is 3.68. The van der Waals surface area contributed by atoms with Gasteiger partial charge in [-0.25, -0.2) is 9.97 Å². The van der Waals surface area contributed by atoms with Gasteiger partial charge in [0.15, 0.2) is 5.82 Å². The molecule has 7 heteroatoms. The second-order valence-electron chi connectivity index (χ2n) is 8.61. The van der Waals surface area contributed by atoms with Gasteiger partial charge in [0.2, 0.25) is 5.91 Å². The van der Waals surface area contributed by atoms with Crippen molar-refractivity contribution < 1.29 is 14.3 Å². The summed E-state index contributed by atoms with van der Waals surface area (Å²) in [7, 11) is 1.64. The van der Waals surface area contributed by atoms with E-state index in [-0.39, 0.29) is 11.5 Å². The van der Waals surface area contributed by atoms with E-state index in [1.807, 2.05) is 42.5 Å². The Morgan fingerprint density at radius 1 is 1.12 bits per heavy atom. The van der Waals surface area contributed by atoms with E-state index in [0.717, 1.165) is 34.0 Å². The number of benzene rings is 2. The predicted octanol–water partition coefficient (Wildman–Crippen LogP) is 4.45. The Morgan fingerprint density at radius 2 is 1.88 bits per heavy atom. The summed E-state index contributed by atoms with van der Waals surface area (Å²) in [6.45, 7) is 5.19. The van der Waals surface area contributed by atoms with Gasteiger partial charge in [-0.2, -0.15) is 0 Å². The van der Waals surface area contributed by atoms with E-state index in [0.29, 0.717) is 31.1 Å². The minimum absolute atomic E-state index is 0.00801. The molecule has 1 amide bonds. The Balaban J connectivity index is 1.48. The summed E-state index contributed by atoms with van der Waals surface area (Å²) in [4.78, 5) is 22.2. The van der Waals surface area contributed by atoms with Crippen LogP contribution in [0.25, 0.3) is 11.4 Å². The standard InChI is InChI=1S/C26H29N3O3S/c1-26(2)15-22-21(16-32-26)25(29-24(28-22)19-9-11-20(31-3)12-10-19)33-17-23(30)27-14-13-18-7-5-4-6-8-18/h4-12H,13-17H2,1-3H3,(H,27,30). The van der Waals surface area contributed by atoms with E-state index in [1.54, 1.807) is 7.11 Å². The number of carbonyl (C=O) groups is 1. The largest absolute Gasteiger partial charge is 0.497 e. The van der Waals surface area contributed by atoms with Gasteiger partial charge >= 0.3 is 0 Å². The van der Waals surface area contributed by atoms with Crippen molar-refractivity contribution in [3.8, 4) is 17.1 Å². The van der Waals surface area contributed by atoms with Crippen molar-refractivity contribution in [2.24, 2.45) is 0 Å². The first-order chi connectivity index (χ1) is 15.9. The Kier molecular flexibility index (Phi) is 7.30. The topological polar surface area (TPSA) is 73.3 Å². The molecular formula is C26H29N3O3S. The van der Waals surface area contributed by atoms with Crippen LogP contribution in [0.4, 0.5) is 0 Å². The molecule has 6 nitrogen and oxygen atoms in total. The number of nitrogens with one attached hydrogen (secondary N) is 1. The van der Waals surface area contributed by atoms with Crippen LogP contribution in [0, 0.1) is 0 Å². The van der Waals surface area contributed by atoms with Gasteiger partial charge in [-0.1, -0.05) is 42.1 Å². The predicted molar refractivity (Wildman–Crippen MR) is 130 cm³/mol. The van der Waals surface area contributed by atoms with Crippen molar-refractivity contribution in [3.05, 3.63) is 71.4 Å². The lowest BCUT2D eigenvalue weighted by molar-refractivity contribution is -0.118. The number of hydrogen-bond donors (Lipinski definition) is 1. The van der Waals surface area contributed by atoms with Crippen molar-refractivity contribution in [2.75, 3.05) is 19.4 Å². The first kappa shape index (κ1) is 23.3. The van der Waals surface area contributed by atoms with Crippen LogP contribution in [-0.4, -0.2) is 40.9 Å². The molecular weight excluding hydrogens is 434 g/mol. The zero-order valence-electron chi connectivity index (χ0n) is 19.3. The number of hydrogen-bond acceptors (Lipinski definition) is 6. The molecule has 1 aliphatic rings. The van der Waals surface area contributed by atoms with Crippen LogP contribution in [0.5, 0.6) is 5.75 Å². The maximum atomic E-state index is 12.5. The number of rotatable bonds is 8. The minimum atomic E-state index is -0.282. The van der Waals surface area contributed by atoms with Crippen molar-refractivity contribution in [1.29, 1.82) is 0 Å². The molecule has 2 heterocycles. The van der Waals surface area contributed by atoms with E-state index in [4.69, 9.17) is 19.4 Å². The number of carbonyl (C=O) groups excluding carboxylic acids is 1. The summed E-state index contributed by atoms with van der Waals surface area (Å²) >= 11 is 1.44. The van der Waals surface area contributed by atoms with Gasteiger partial charge in [0.1, 0.15) is 10.8 Å². The number of fused-ring (bicyclic) bond motifs is 1. The van der Waals surface area contributed by atoms with Crippen molar-refractivity contribution in [3.63, 3.8) is 0 Å². The van der Waals surface area contributed by atoms with Crippen molar-refractivity contribution in [1.82, 2.24) is 15.3 Å². The third kappa shape index (κ3) is 6.12. The lowest BCUT2D eigenvalue weighted by Gasteiger charge is -2.32. The molecule has 2 aromatic carbocycles. The van der Waals surface area contributed by atoms with Crippen LogP contribution < -0.4 is 10.1 Å². The maximum absolute atomic E-state index is 12.5. The lowest BCUT2D eigenvalue weighted by Crippen LogP contribution is -2.33. The Morgan fingerprint density at radius 3 is 2.61 bits per heavy atom. The average molecular weight is 464 g/mol. The monoisotopic (exact) mass is 463 g/mol. The summed E-state index contributed by atoms with van der Waals surface area (Å²) in [6.07, 6.45) is 1.51. The third-order valence-corrected chi connectivity index (χ3v) is 6.54. The SMILES string of the molecule is COc1ccc(-c2nc3c(c(SCC(=O)NCCc4ccccc4)n2)COC(C)(C)C3)cc1. The normalized spacial score (nSPS) is 14.4. The fraction of sp³-hybridized carbons (Fsp3) is 0.346. The molecule has 0 saturated heterocycles. The first-order valence-electron chi connectivity index (χ1n) is 11.0. The molecule has 0 spiro atoms. The van der Waals surface area contributed by atoms with Gasteiger partial charge < -0.3 is 14.8 Å². The summed E-state index contributed by atoms with van der Waals surface area (Å²) in [5, 5.41) is 3.81. The van der Waals surface area contributed by atoms with Gasteiger partial charge in [0.25, 0.3) is 0 Å². The van der Waals surface area contributed by atoms with Gasteiger partial charge in [0.05, 0.1) is 30.8 Å². The van der Waals surface area contributed by atoms with Gasteiger partial charge in [0, 0.05) is 24.1 Å². The van der Waals surface area contributed by atoms with E-state index < -0.39 is 0 Å². The highest BCUT2D eigenvalue weighted by atomic mass is 32.2. The van der Waals surface area contributed by atoms with E-state index in [9.17, 15) is 4.79 Å². The Hall–Kier alpha value is -2.90. The molecule has 1 aliphatic heterocycles. The third-order valence-electron chi connectivity index (χ3n) is 5.52. The van der Waals surface area contributed by atoms with Crippen molar-refractivity contribution in [2.45, 2.75) is 43.9 Å². The highest BCUT2D eigenvalue weighted by Gasteiger charge is 2.30. The number of thioether (sulfide) groups is 1. The van der Waals surface area contributed by atoms with Crippen LogP contribution in [-0.2, 0) is 29.0 Å². The zero-order valence-corrected chi connectivity index (χ0v) is 20.1. The number of nitrogens with zero attached hydrogens (tertiary/aromatic N) is 2. The number of amides is 1. The molecule has 0 bridgehead atoms. The molecule has 0 saturated carbocycles. The molecule has 1 N–H and O–H groups in total. The first-order valence-corrected chi connectivity index (χ1v) is 12.0. The number of methoxy groups -OCH3 is 1. The quantitative estimate of drug-likeness (QED) is 0.393. The molecule has 3 aromatic rings. The van der Waals surface area contributed by atoms with E-state index >= 15 is 0 Å². The summed E-state index contributed by atoms with van der Waals surface area (Å²) < 4.78 is 11.3. The van der Waals surface area contributed by atoms with Crippen molar-refractivity contribution >= 4 is 17.7 Å². The van der Waals surface area contributed by atoms with Crippen LogP contribution in [0.3, 0.4) is 0 Å². The molecule has 0 unspecified atom stereocenters. The molecule has 0 aliphatic carbocycles. The van der Waals surface area contributed by atoms with Gasteiger partial charge in [-0.3, -0.25) is 4.79 Å². The van der Waals surface area contributed by atoms with Gasteiger partial charge in [-0.15, -0.1) is 0 Å². The minimum Gasteiger partial charge on any atom is -0.497 e. The van der Waals surface area contributed by atoms with Gasteiger partial charge in [-0.05, 0) is 50.1 Å². The molecule has 0 fully saturated rings. The summed E-state index contributed by atoms with van der Waals surface area (Å²) in [5.74, 6) is 1.73. The maximum Gasteiger partial charge on any atom is 0.230 e. The number of ether oxygens (including phenoxy) is 2. The van der Waals surface area contributed by atoms with E-state index in [1.165, 1.54) is 17.3 Å². The smallest absolute Gasteiger partial charge is 0.230 e. The Labute approximate surface area is 199 Å². The van der Waals surface area contributed by atoms with Crippen LogP contribution >= 0.6 is 11.8 Å². The second kappa shape index (κ2) is 10.4. The average Bonchev–Trinajstić information content (AvgIpc) is 2.82. The van der Waals surface area contributed by atoms with Crippen LogP contribution in [0.15, 0.2) is 59.6 Å². The van der Waals surface area contributed by atoms with Crippen LogP contribution in [0.1, 0.15) is 30.7 Å². The lowest BCUT2D eigenvalue weighted by atomic mass is 9.96. The summed E-state index contributed by atoms with van der Waals surface area (Å²) in [5.41, 5.74) is 3.80. The number of aromatic nitrogens is 2. The van der Waals surface area contributed by atoms with Crippen LogP contribution in [0.2, 0.25) is 0 Å². The Bertz CT molecular complexity index is 1100. The molecule has 33 heavy (non-hydrogen) atoms. The molecule has 0 radical (unpaired) electrons. The highest BCUT2D eigenvalue weighted by molar-refractivity contribution is 7.99. The molecule has 172 valence electrons. The summed E-state index contributed by atoms with van der Waals surface area (Å²) in [6, 6.07) is 17.9. The highest BCUT2D eigenvalue weighted by Crippen LogP contribution is 2.34. The molecule has 0 atom stereocenters. The fourth-order valence-corrected chi connectivity index (χ4v) is 4.56. The molecule has 1 aromatic heterocycles.